The third kappa shape index (κ3) is 4.17. The first kappa shape index (κ1) is 21.4. The molecule has 0 spiro atoms. The highest BCUT2D eigenvalue weighted by atomic mass is 32.2. The number of ether oxygens (including phenoxy) is 2. The molecule has 8 heteroatoms. The maximum atomic E-state index is 14.1. The van der Waals surface area contributed by atoms with Crippen molar-refractivity contribution < 1.29 is 27.1 Å². The van der Waals surface area contributed by atoms with Crippen LogP contribution in [-0.2, 0) is 14.8 Å². The minimum atomic E-state index is -4.13. The van der Waals surface area contributed by atoms with Gasteiger partial charge in [-0.1, -0.05) is 12.1 Å². The molecule has 28 heavy (non-hydrogen) atoms. The van der Waals surface area contributed by atoms with Gasteiger partial charge in [-0.25, -0.2) is 17.6 Å². The number of sulfonamides is 1. The lowest BCUT2D eigenvalue weighted by atomic mass is 10.1. The van der Waals surface area contributed by atoms with Crippen LogP contribution < -0.4 is 9.04 Å². The van der Waals surface area contributed by atoms with E-state index in [0.29, 0.717) is 5.56 Å². The van der Waals surface area contributed by atoms with Gasteiger partial charge in [0.1, 0.15) is 0 Å². The molecule has 0 saturated carbocycles. The number of benzene rings is 2. The second-order valence-corrected chi connectivity index (χ2v) is 7.65. The molecular weight excluding hydrogens is 385 g/mol. The summed E-state index contributed by atoms with van der Waals surface area (Å²) in [5.41, 5.74) is 0.964. The molecule has 6 nitrogen and oxygen atoms in total. The van der Waals surface area contributed by atoms with Crippen LogP contribution in [0.5, 0.6) is 5.75 Å². The summed E-state index contributed by atoms with van der Waals surface area (Å²) in [6.07, 6.45) is 1.41. The van der Waals surface area contributed by atoms with Gasteiger partial charge in [-0.3, -0.25) is 4.31 Å². The zero-order valence-corrected chi connectivity index (χ0v) is 16.8. The molecule has 0 aromatic heterocycles. The molecule has 2 aromatic carbocycles. The van der Waals surface area contributed by atoms with Gasteiger partial charge in [-0.05, 0) is 49.7 Å². The van der Waals surface area contributed by atoms with Gasteiger partial charge in [-0.2, -0.15) is 0 Å². The molecule has 0 unspecified atom stereocenters. The zero-order valence-electron chi connectivity index (χ0n) is 15.9. The Hall–Kier alpha value is -2.87. The number of halogens is 1. The fraction of sp³-hybridized carbons (Fsp3) is 0.250. The number of hydrogen-bond donors (Lipinski definition) is 0. The van der Waals surface area contributed by atoms with E-state index in [9.17, 15) is 17.6 Å². The van der Waals surface area contributed by atoms with E-state index in [1.165, 1.54) is 25.3 Å². The zero-order chi connectivity index (χ0) is 20.9. The predicted molar refractivity (Wildman–Crippen MR) is 105 cm³/mol. The normalized spacial score (nSPS) is 11.0. The molecule has 0 fully saturated rings. The standard InChI is InChI=1S/C20H22FNO5S/c1-5-12-22(18-9-7-8-16(14(18)3)20(23)27-6-2)28(24,25)15-10-11-19(26-4)17(21)13-15/h5,7-11,13H,1,6,12H2,2-4H3. The van der Waals surface area contributed by atoms with Crippen LogP contribution in [0.1, 0.15) is 22.8 Å². The third-order valence-corrected chi connectivity index (χ3v) is 5.85. The minimum absolute atomic E-state index is 0.0605. The van der Waals surface area contributed by atoms with Crippen molar-refractivity contribution in [3.63, 3.8) is 0 Å². The average molecular weight is 407 g/mol. The first-order chi connectivity index (χ1) is 13.3. The molecule has 0 radical (unpaired) electrons. The Kier molecular flexibility index (Phi) is 6.80. The highest BCUT2D eigenvalue weighted by Crippen LogP contribution is 2.30. The first-order valence-electron chi connectivity index (χ1n) is 8.51. The maximum absolute atomic E-state index is 14.1. The molecule has 0 aliphatic heterocycles. The van der Waals surface area contributed by atoms with Crippen LogP contribution in [0, 0.1) is 12.7 Å². The van der Waals surface area contributed by atoms with Crippen molar-refractivity contribution >= 4 is 21.7 Å². The molecule has 2 rings (SSSR count). The number of nitrogens with zero attached hydrogens (tertiary/aromatic N) is 1. The molecule has 0 bridgehead atoms. The van der Waals surface area contributed by atoms with Crippen LogP contribution in [0.25, 0.3) is 0 Å². The van der Waals surface area contributed by atoms with Crippen molar-refractivity contribution in [2.75, 3.05) is 24.6 Å². The van der Waals surface area contributed by atoms with Crippen molar-refractivity contribution in [3.05, 3.63) is 66.0 Å². The van der Waals surface area contributed by atoms with Crippen molar-refractivity contribution in [2.45, 2.75) is 18.7 Å². The van der Waals surface area contributed by atoms with E-state index < -0.39 is 21.8 Å². The lowest BCUT2D eigenvalue weighted by molar-refractivity contribution is 0.0525. The lowest BCUT2D eigenvalue weighted by Gasteiger charge is -2.25. The fourth-order valence-corrected chi connectivity index (χ4v) is 4.21. The van der Waals surface area contributed by atoms with Crippen LogP contribution in [0.3, 0.4) is 0 Å². The fourth-order valence-electron chi connectivity index (χ4n) is 2.70. The Labute approximate surface area is 164 Å². The molecule has 0 N–H and O–H groups in total. The van der Waals surface area contributed by atoms with Gasteiger partial charge in [0.15, 0.2) is 11.6 Å². The van der Waals surface area contributed by atoms with Crippen LogP contribution in [0.4, 0.5) is 10.1 Å². The van der Waals surface area contributed by atoms with E-state index in [0.717, 1.165) is 10.4 Å². The van der Waals surface area contributed by atoms with Crippen LogP contribution in [-0.4, -0.2) is 34.6 Å². The van der Waals surface area contributed by atoms with E-state index in [-0.39, 0.29) is 35.0 Å². The Morgan fingerprint density at radius 3 is 2.57 bits per heavy atom. The summed E-state index contributed by atoms with van der Waals surface area (Å²) in [5.74, 6) is -1.40. The van der Waals surface area contributed by atoms with Crippen molar-refractivity contribution in [1.82, 2.24) is 0 Å². The van der Waals surface area contributed by atoms with E-state index in [1.807, 2.05) is 0 Å². The quantitative estimate of drug-likeness (QED) is 0.493. The predicted octanol–water partition coefficient (Wildman–Crippen LogP) is 3.70. The Balaban J connectivity index is 2.59. The third-order valence-electron chi connectivity index (χ3n) is 4.08. The number of anilines is 1. The number of carbonyl (C=O) groups excluding carboxylic acids is 1. The minimum Gasteiger partial charge on any atom is -0.494 e. The van der Waals surface area contributed by atoms with Crippen molar-refractivity contribution in [1.29, 1.82) is 0 Å². The summed E-state index contributed by atoms with van der Waals surface area (Å²) in [4.78, 5) is 11.9. The number of rotatable bonds is 8. The first-order valence-corrected chi connectivity index (χ1v) is 9.95. The van der Waals surface area contributed by atoms with E-state index in [4.69, 9.17) is 9.47 Å². The van der Waals surface area contributed by atoms with Gasteiger partial charge in [0, 0.05) is 0 Å². The molecule has 0 aliphatic carbocycles. The molecule has 0 amide bonds. The topological polar surface area (TPSA) is 72.9 Å². The molecule has 0 saturated heterocycles. The van der Waals surface area contributed by atoms with Gasteiger partial charge in [-0.15, -0.1) is 6.58 Å². The highest BCUT2D eigenvalue weighted by Gasteiger charge is 2.28. The van der Waals surface area contributed by atoms with Gasteiger partial charge < -0.3 is 9.47 Å². The molecular formula is C20H22FNO5S. The second kappa shape index (κ2) is 8.88. The number of esters is 1. The smallest absolute Gasteiger partial charge is 0.338 e. The Bertz CT molecular complexity index is 988. The van der Waals surface area contributed by atoms with E-state index in [2.05, 4.69) is 6.58 Å². The van der Waals surface area contributed by atoms with Crippen molar-refractivity contribution in [2.24, 2.45) is 0 Å². The maximum Gasteiger partial charge on any atom is 0.338 e. The summed E-state index contributed by atoms with van der Waals surface area (Å²) < 4.78 is 51.4. The number of hydrogen-bond acceptors (Lipinski definition) is 5. The summed E-state index contributed by atoms with van der Waals surface area (Å²) in [6.45, 7) is 7.04. The molecule has 0 heterocycles. The van der Waals surface area contributed by atoms with Crippen LogP contribution in [0.15, 0.2) is 53.9 Å². The van der Waals surface area contributed by atoms with E-state index in [1.54, 1.807) is 32.0 Å². The Morgan fingerprint density at radius 2 is 2.00 bits per heavy atom. The number of carbonyl (C=O) groups is 1. The SMILES string of the molecule is C=CCN(c1cccc(C(=O)OCC)c1C)S(=O)(=O)c1ccc(OC)c(F)c1. The molecule has 150 valence electrons. The van der Waals surface area contributed by atoms with Gasteiger partial charge in [0.25, 0.3) is 10.0 Å². The second-order valence-electron chi connectivity index (χ2n) is 5.79. The van der Waals surface area contributed by atoms with Gasteiger partial charge in [0.05, 0.1) is 36.4 Å². The van der Waals surface area contributed by atoms with Gasteiger partial charge >= 0.3 is 5.97 Å². The van der Waals surface area contributed by atoms with Crippen LogP contribution >= 0.6 is 0 Å². The van der Waals surface area contributed by atoms with Crippen molar-refractivity contribution in [3.8, 4) is 5.75 Å². The summed E-state index contributed by atoms with van der Waals surface area (Å²) >= 11 is 0. The highest BCUT2D eigenvalue weighted by molar-refractivity contribution is 7.92. The van der Waals surface area contributed by atoms with Gasteiger partial charge in [0.2, 0.25) is 0 Å². The molecule has 0 atom stereocenters. The largest absolute Gasteiger partial charge is 0.494 e. The molecule has 0 aliphatic rings. The Morgan fingerprint density at radius 1 is 1.29 bits per heavy atom. The van der Waals surface area contributed by atoms with E-state index >= 15 is 0 Å². The average Bonchev–Trinajstić information content (AvgIpc) is 2.66. The monoisotopic (exact) mass is 407 g/mol. The lowest BCUT2D eigenvalue weighted by Crippen LogP contribution is -2.32. The summed E-state index contributed by atoms with van der Waals surface area (Å²) in [5, 5.41) is 0. The summed E-state index contributed by atoms with van der Waals surface area (Å²) in [6, 6.07) is 8.10. The summed E-state index contributed by atoms with van der Waals surface area (Å²) in [7, 11) is -2.83. The number of methoxy groups -OCH3 is 1. The van der Waals surface area contributed by atoms with Crippen LogP contribution in [0.2, 0.25) is 0 Å². The molecule has 2 aromatic rings.